The highest BCUT2D eigenvalue weighted by atomic mass is 32.2. The Balaban J connectivity index is 2.54. The summed E-state index contributed by atoms with van der Waals surface area (Å²) in [7, 11) is -3.62. The highest BCUT2D eigenvalue weighted by Gasteiger charge is 2.13. The number of rotatable bonds is 9. The molecule has 116 valence electrons. The number of unbranched alkanes of at least 4 members (excludes halogenated alkanes) is 1. The van der Waals surface area contributed by atoms with Crippen LogP contribution in [0.5, 0.6) is 0 Å². The third-order valence-corrected chi connectivity index (χ3v) is 4.21. The summed E-state index contributed by atoms with van der Waals surface area (Å²) in [6.07, 6.45) is 1.11. The molecule has 4 N–H and O–H groups in total. The second kappa shape index (κ2) is 7.75. The zero-order valence-electron chi connectivity index (χ0n) is 11.4. The van der Waals surface area contributed by atoms with Gasteiger partial charge in [-0.2, -0.15) is 0 Å². The molecule has 0 saturated carbocycles. The molecule has 0 atom stereocenters. The number of nitrogens with one attached hydrogen (secondary N) is 1. The van der Waals surface area contributed by atoms with Crippen molar-refractivity contribution < 1.29 is 23.1 Å². The number of carbonyl (C=O) groups is 2. The second-order valence-corrected chi connectivity index (χ2v) is 6.30. The number of hydrogen-bond acceptors (Lipinski definition) is 4. The maximum atomic E-state index is 11.9. The second-order valence-electron chi connectivity index (χ2n) is 4.54. The number of benzene rings is 1. The number of nitrogens with two attached hydrogens (primary N) is 1. The van der Waals surface area contributed by atoms with Gasteiger partial charge in [-0.05, 0) is 30.5 Å². The predicted octanol–water partition coefficient (Wildman–Crippen LogP) is 0.248. The first-order valence-electron chi connectivity index (χ1n) is 6.40. The summed E-state index contributed by atoms with van der Waals surface area (Å²) in [5.74, 6) is -1.38. The van der Waals surface area contributed by atoms with Crippen molar-refractivity contribution in [1.82, 2.24) is 4.72 Å². The summed E-state index contributed by atoms with van der Waals surface area (Å²) in [6, 6.07) is 5.67. The van der Waals surface area contributed by atoms with E-state index in [1.165, 1.54) is 24.3 Å². The summed E-state index contributed by atoms with van der Waals surface area (Å²) in [4.78, 5) is 21.1. The Bertz CT molecular complexity index is 595. The van der Waals surface area contributed by atoms with Crippen LogP contribution in [-0.2, 0) is 26.0 Å². The average molecular weight is 314 g/mol. The summed E-state index contributed by atoms with van der Waals surface area (Å²) in [6.45, 7) is 0.215. The fraction of sp³-hybridized carbons (Fsp3) is 0.385. The van der Waals surface area contributed by atoms with Crippen LogP contribution in [0, 0.1) is 0 Å². The lowest BCUT2D eigenvalue weighted by Gasteiger charge is -2.07. The Hall–Kier alpha value is -1.93. The van der Waals surface area contributed by atoms with Crippen LogP contribution in [0.3, 0.4) is 0 Å². The Morgan fingerprint density at radius 1 is 1.14 bits per heavy atom. The van der Waals surface area contributed by atoms with Crippen LogP contribution >= 0.6 is 0 Å². The molecule has 1 rings (SSSR count). The van der Waals surface area contributed by atoms with E-state index in [1.807, 2.05) is 0 Å². The number of carbonyl (C=O) groups excluding carboxylic acids is 1. The molecule has 0 heterocycles. The maximum Gasteiger partial charge on any atom is 0.307 e. The van der Waals surface area contributed by atoms with Crippen molar-refractivity contribution in [3.8, 4) is 0 Å². The fourth-order valence-electron chi connectivity index (χ4n) is 1.68. The number of hydrogen-bond donors (Lipinski definition) is 3. The van der Waals surface area contributed by atoms with Gasteiger partial charge in [0, 0.05) is 13.0 Å². The van der Waals surface area contributed by atoms with E-state index in [4.69, 9.17) is 10.8 Å². The molecule has 1 aromatic rings. The molecule has 8 heteroatoms. The summed E-state index contributed by atoms with van der Waals surface area (Å²) in [5, 5.41) is 8.64. The molecule has 21 heavy (non-hydrogen) atoms. The van der Waals surface area contributed by atoms with Crippen molar-refractivity contribution in [3.05, 3.63) is 29.8 Å². The van der Waals surface area contributed by atoms with Gasteiger partial charge in [-0.1, -0.05) is 12.1 Å². The molecule has 0 radical (unpaired) electrons. The number of amides is 1. The summed E-state index contributed by atoms with van der Waals surface area (Å²) >= 11 is 0. The standard InChI is InChI=1S/C13H18N2O5S/c14-12(16)3-1-2-8-15-21(19,20)11-6-4-10(5-7-11)9-13(17)18/h4-7,15H,1-3,8-9H2,(H2,14,16)(H,17,18). The third kappa shape index (κ3) is 6.37. The van der Waals surface area contributed by atoms with E-state index < -0.39 is 21.9 Å². The molecule has 0 saturated heterocycles. The van der Waals surface area contributed by atoms with Crippen LogP contribution in [0.1, 0.15) is 24.8 Å². The van der Waals surface area contributed by atoms with Crippen LogP contribution in [0.25, 0.3) is 0 Å². The number of aliphatic carboxylic acids is 1. The average Bonchev–Trinajstić information content (AvgIpc) is 2.37. The van der Waals surface area contributed by atoms with Crippen LogP contribution in [-0.4, -0.2) is 31.9 Å². The van der Waals surface area contributed by atoms with Gasteiger partial charge in [0.25, 0.3) is 0 Å². The normalized spacial score (nSPS) is 11.2. The molecule has 0 aromatic heterocycles. The molecule has 0 unspecified atom stereocenters. The smallest absolute Gasteiger partial charge is 0.307 e. The Labute approximate surface area is 123 Å². The lowest BCUT2D eigenvalue weighted by atomic mass is 10.2. The SMILES string of the molecule is NC(=O)CCCCNS(=O)(=O)c1ccc(CC(=O)O)cc1. The van der Waals surface area contributed by atoms with E-state index >= 15 is 0 Å². The molecule has 1 aromatic carbocycles. The number of sulfonamides is 1. The van der Waals surface area contributed by atoms with Gasteiger partial charge in [0.05, 0.1) is 11.3 Å². The highest BCUT2D eigenvalue weighted by Crippen LogP contribution is 2.11. The lowest BCUT2D eigenvalue weighted by Crippen LogP contribution is -2.25. The van der Waals surface area contributed by atoms with Gasteiger partial charge < -0.3 is 10.8 Å². The summed E-state index contributed by atoms with van der Waals surface area (Å²) in [5.41, 5.74) is 5.51. The number of carboxylic acid groups (broad SMARTS) is 1. The van der Waals surface area contributed by atoms with Crippen molar-refractivity contribution in [2.45, 2.75) is 30.6 Å². The Morgan fingerprint density at radius 3 is 2.29 bits per heavy atom. The monoisotopic (exact) mass is 314 g/mol. The van der Waals surface area contributed by atoms with Gasteiger partial charge in [0.2, 0.25) is 15.9 Å². The van der Waals surface area contributed by atoms with Crippen molar-refractivity contribution in [2.24, 2.45) is 5.73 Å². The molecule has 0 aliphatic heterocycles. The maximum absolute atomic E-state index is 11.9. The topological polar surface area (TPSA) is 127 Å². The molecule has 1 amide bonds. The first-order chi connectivity index (χ1) is 9.81. The van der Waals surface area contributed by atoms with Gasteiger partial charge in [-0.25, -0.2) is 13.1 Å². The van der Waals surface area contributed by atoms with E-state index in [9.17, 15) is 18.0 Å². The largest absolute Gasteiger partial charge is 0.481 e. The Kier molecular flexibility index (Phi) is 6.32. The minimum atomic E-state index is -3.62. The minimum absolute atomic E-state index is 0.0755. The van der Waals surface area contributed by atoms with Crippen molar-refractivity contribution >= 4 is 21.9 Å². The Morgan fingerprint density at radius 2 is 1.76 bits per heavy atom. The molecule has 0 aliphatic rings. The fourth-order valence-corrected chi connectivity index (χ4v) is 2.75. The van der Waals surface area contributed by atoms with E-state index in [1.54, 1.807) is 0 Å². The highest BCUT2D eigenvalue weighted by molar-refractivity contribution is 7.89. The molecule has 7 nitrogen and oxygen atoms in total. The van der Waals surface area contributed by atoms with E-state index in [0.29, 0.717) is 18.4 Å². The van der Waals surface area contributed by atoms with Crippen LogP contribution < -0.4 is 10.5 Å². The predicted molar refractivity (Wildman–Crippen MR) is 76.0 cm³/mol. The van der Waals surface area contributed by atoms with Crippen LogP contribution in [0.15, 0.2) is 29.2 Å². The first-order valence-corrected chi connectivity index (χ1v) is 7.88. The quantitative estimate of drug-likeness (QED) is 0.563. The van der Waals surface area contributed by atoms with Crippen molar-refractivity contribution in [2.75, 3.05) is 6.54 Å². The van der Waals surface area contributed by atoms with E-state index in [0.717, 1.165) is 0 Å². The van der Waals surface area contributed by atoms with Crippen molar-refractivity contribution in [1.29, 1.82) is 0 Å². The van der Waals surface area contributed by atoms with Crippen LogP contribution in [0.2, 0.25) is 0 Å². The molecule has 0 aliphatic carbocycles. The van der Waals surface area contributed by atoms with Gasteiger partial charge in [0.15, 0.2) is 0 Å². The third-order valence-electron chi connectivity index (χ3n) is 2.73. The van der Waals surface area contributed by atoms with Crippen molar-refractivity contribution in [3.63, 3.8) is 0 Å². The minimum Gasteiger partial charge on any atom is -0.481 e. The lowest BCUT2D eigenvalue weighted by molar-refractivity contribution is -0.136. The first kappa shape index (κ1) is 17.1. The molecule has 0 spiro atoms. The zero-order valence-corrected chi connectivity index (χ0v) is 12.2. The van der Waals surface area contributed by atoms with E-state index in [2.05, 4.69) is 4.72 Å². The van der Waals surface area contributed by atoms with Gasteiger partial charge in [0.1, 0.15) is 0 Å². The molecule has 0 bridgehead atoms. The van der Waals surface area contributed by atoms with Gasteiger partial charge in [-0.15, -0.1) is 0 Å². The van der Waals surface area contributed by atoms with Gasteiger partial charge >= 0.3 is 5.97 Å². The van der Waals surface area contributed by atoms with E-state index in [-0.39, 0.29) is 24.3 Å². The number of carboxylic acids is 1. The number of primary amides is 1. The zero-order chi connectivity index (χ0) is 15.9. The molecular formula is C13H18N2O5S. The molecular weight excluding hydrogens is 296 g/mol. The van der Waals surface area contributed by atoms with Gasteiger partial charge in [-0.3, -0.25) is 9.59 Å². The van der Waals surface area contributed by atoms with Crippen LogP contribution in [0.4, 0.5) is 0 Å². The molecule has 0 fully saturated rings. The summed E-state index contributed by atoms with van der Waals surface area (Å²) < 4.78 is 26.3.